The van der Waals surface area contributed by atoms with Crippen LogP contribution in [-0.4, -0.2) is 69.2 Å². The molecular weight excluding hydrogens is 440 g/mol. The monoisotopic (exact) mass is 476 g/mol. The third-order valence-corrected chi connectivity index (χ3v) is 6.54. The largest absolute Gasteiger partial charge is 0.493 e. The Morgan fingerprint density at radius 1 is 0.970 bits per heavy atom. The summed E-state index contributed by atoms with van der Waals surface area (Å²) in [7, 11) is 4.85. The Morgan fingerprint density at radius 2 is 1.73 bits per heavy atom. The summed E-state index contributed by atoms with van der Waals surface area (Å²) >= 11 is 1.65. The summed E-state index contributed by atoms with van der Waals surface area (Å²) < 4.78 is 15.8. The molecule has 1 aromatic carbocycles. The summed E-state index contributed by atoms with van der Waals surface area (Å²) in [5.41, 5.74) is 2.22. The zero-order valence-corrected chi connectivity index (χ0v) is 21.2. The van der Waals surface area contributed by atoms with E-state index in [0.29, 0.717) is 57.0 Å². The van der Waals surface area contributed by atoms with Crippen LogP contribution >= 0.6 is 11.3 Å². The Hall–Kier alpha value is -2.58. The van der Waals surface area contributed by atoms with E-state index in [9.17, 15) is 9.59 Å². The number of nitrogens with zero attached hydrogens (tertiary/aromatic N) is 2. The minimum Gasteiger partial charge on any atom is -0.493 e. The molecule has 0 saturated carbocycles. The first-order chi connectivity index (χ1) is 15.9. The summed E-state index contributed by atoms with van der Waals surface area (Å²) in [6, 6.07) is 7.86. The molecule has 0 atom stereocenters. The Balaban J connectivity index is 2.16. The van der Waals surface area contributed by atoms with Crippen LogP contribution < -0.4 is 9.47 Å². The van der Waals surface area contributed by atoms with Crippen molar-refractivity contribution in [1.29, 1.82) is 0 Å². The third kappa shape index (κ3) is 8.05. The lowest BCUT2D eigenvalue weighted by atomic mass is 10.1. The lowest BCUT2D eigenvalue weighted by Gasteiger charge is -2.28. The zero-order chi connectivity index (χ0) is 24.2. The number of methoxy groups -OCH3 is 3. The molecule has 1 heterocycles. The predicted molar refractivity (Wildman–Crippen MR) is 131 cm³/mol. The first-order valence-electron chi connectivity index (χ1n) is 11.2. The summed E-state index contributed by atoms with van der Waals surface area (Å²) in [5, 5.41) is 2.04. The standard InChI is InChI=1S/C25H36N2O5S/c1-6-24(28)26(12-7-14-30-3)18-25(29)27(17-23-19(2)11-15-33-23)13-10-20-8-9-21(31-4)22(16-20)32-5/h8-9,11,15-16H,6-7,10,12-14,17-18H2,1-5H3. The van der Waals surface area contributed by atoms with Crippen molar-refractivity contribution in [3.63, 3.8) is 0 Å². The van der Waals surface area contributed by atoms with E-state index < -0.39 is 0 Å². The van der Waals surface area contributed by atoms with Gasteiger partial charge in [0.25, 0.3) is 0 Å². The number of amides is 2. The van der Waals surface area contributed by atoms with Crippen molar-refractivity contribution in [2.24, 2.45) is 0 Å². The number of hydrogen-bond acceptors (Lipinski definition) is 6. The molecule has 7 nitrogen and oxygen atoms in total. The van der Waals surface area contributed by atoms with Crippen LogP contribution in [0.25, 0.3) is 0 Å². The van der Waals surface area contributed by atoms with Crippen LogP contribution in [0.3, 0.4) is 0 Å². The lowest BCUT2D eigenvalue weighted by molar-refractivity contribution is -0.140. The summed E-state index contributed by atoms with van der Waals surface area (Å²) in [5.74, 6) is 1.27. The van der Waals surface area contributed by atoms with E-state index in [1.54, 1.807) is 37.6 Å². The number of carbonyl (C=O) groups excluding carboxylic acids is 2. The van der Waals surface area contributed by atoms with Crippen LogP contribution in [0, 0.1) is 6.92 Å². The summed E-state index contributed by atoms with van der Waals surface area (Å²) in [4.78, 5) is 30.4. The number of thiophene rings is 1. The number of rotatable bonds is 14. The highest BCUT2D eigenvalue weighted by Gasteiger charge is 2.21. The first-order valence-corrected chi connectivity index (χ1v) is 12.1. The number of ether oxygens (including phenoxy) is 3. The van der Waals surface area contributed by atoms with Gasteiger partial charge in [0.05, 0.1) is 27.3 Å². The third-order valence-electron chi connectivity index (χ3n) is 5.53. The van der Waals surface area contributed by atoms with Crippen LogP contribution in [0.5, 0.6) is 11.5 Å². The van der Waals surface area contributed by atoms with E-state index in [-0.39, 0.29) is 18.4 Å². The summed E-state index contributed by atoms with van der Waals surface area (Å²) in [6.07, 6.45) is 1.74. The van der Waals surface area contributed by atoms with Crippen molar-refractivity contribution in [2.45, 2.75) is 39.7 Å². The van der Waals surface area contributed by atoms with Crippen LogP contribution in [0.1, 0.15) is 35.8 Å². The van der Waals surface area contributed by atoms with Gasteiger partial charge in [0, 0.05) is 38.1 Å². The second kappa shape index (κ2) is 13.9. The normalized spacial score (nSPS) is 10.7. The molecule has 8 heteroatoms. The average molecular weight is 477 g/mol. The Morgan fingerprint density at radius 3 is 2.33 bits per heavy atom. The van der Waals surface area contributed by atoms with E-state index in [0.717, 1.165) is 10.4 Å². The molecule has 2 rings (SSSR count). The van der Waals surface area contributed by atoms with Gasteiger partial charge in [0.1, 0.15) is 0 Å². The first kappa shape index (κ1) is 26.7. The fourth-order valence-corrected chi connectivity index (χ4v) is 4.43. The fourth-order valence-electron chi connectivity index (χ4n) is 3.51. The molecule has 0 spiro atoms. The minimum atomic E-state index is -0.0532. The highest BCUT2D eigenvalue weighted by atomic mass is 32.1. The van der Waals surface area contributed by atoms with Crippen molar-refractivity contribution in [3.05, 3.63) is 45.6 Å². The molecule has 0 saturated heterocycles. The van der Waals surface area contributed by atoms with E-state index in [2.05, 4.69) is 13.0 Å². The van der Waals surface area contributed by atoms with Gasteiger partial charge in [0.2, 0.25) is 11.8 Å². The second-order valence-corrected chi connectivity index (χ2v) is 8.80. The summed E-state index contributed by atoms with van der Waals surface area (Å²) in [6.45, 7) is 6.08. The predicted octanol–water partition coefficient (Wildman–Crippen LogP) is 3.92. The molecule has 2 aromatic rings. The van der Waals surface area contributed by atoms with Gasteiger partial charge in [-0.05, 0) is 54.5 Å². The van der Waals surface area contributed by atoms with Crippen LogP contribution in [0.4, 0.5) is 0 Å². The Bertz CT molecular complexity index is 899. The SMILES string of the molecule is CCC(=O)N(CCCOC)CC(=O)N(CCc1ccc(OC)c(OC)c1)Cc1sccc1C. The molecule has 0 N–H and O–H groups in total. The van der Waals surface area contributed by atoms with E-state index in [4.69, 9.17) is 14.2 Å². The van der Waals surface area contributed by atoms with Crippen molar-refractivity contribution in [1.82, 2.24) is 9.80 Å². The average Bonchev–Trinajstić information content (AvgIpc) is 3.24. The highest BCUT2D eigenvalue weighted by molar-refractivity contribution is 7.10. The molecule has 1 aromatic heterocycles. The molecule has 0 unspecified atom stereocenters. The topological polar surface area (TPSA) is 68.3 Å². The smallest absolute Gasteiger partial charge is 0.242 e. The van der Waals surface area contributed by atoms with E-state index >= 15 is 0 Å². The molecule has 0 aliphatic heterocycles. The highest BCUT2D eigenvalue weighted by Crippen LogP contribution is 2.28. The van der Waals surface area contributed by atoms with Gasteiger partial charge < -0.3 is 24.0 Å². The maximum atomic E-state index is 13.3. The molecule has 33 heavy (non-hydrogen) atoms. The van der Waals surface area contributed by atoms with E-state index in [1.165, 1.54) is 5.56 Å². The maximum absolute atomic E-state index is 13.3. The Kier molecular flexibility index (Phi) is 11.2. The number of hydrogen-bond donors (Lipinski definition) is 0. The zero-order valence-electron chi connectivity index (χ0n) is 20.4. The number of carbonyl (C=O) groups is 2. The molecule has 0 radical (unpaired) electrons. The van der Waals surface area contributed by atoms with Crippen LogP contribution in [0.15, 0.2) is 29.6 Å². The van der Waals surface area contributed by atoms with Crippen molar-refractivity contribution in [2.75, 3.05) is 47.6 Å². The Labute approximate surface area is 201 Å². The van der Waals surface area contributed by atoms with Gasteiger partial charge in [-0.15, -0.1) is 11.3 Å². The molecular formula is C25H36N2O5S. The van der Waals surface area contributed by atoms with Crippen LogP contribution in [0.2, 0.25) is 0 Å². The van der Waals surface area contributed by atoms with Crippen molar-refractivity contribution in [3.8, 4) is 11.5 Å². The molecule has 182 valence electrons. The van der Waals surface area contributed by atoms with Crippen LogP contribution in [-0.2, 0) is 27.3 Å². The number of benzene rings is 1. The van der Waals surface area contributed by atoms with E-state index in [1.807, 2.05) is 35.4 Å². The van der Waals surface area contributed by atoms with Crippen molar-refractivity contribution < 1.29 is 23.8 Å². The molecule has 0 fully saturated rings. The van der Waals surface area contributed by atoms with Gasteiger partial charge in [-0.1, -0.05) is 13.0 Å². The van der Waals surface area contributed by atoms with Gasteiger partial charge >= 0.3 is 0 Å². The van der Waals surface area contributed by atoms with Gasteiger partial charge in [-0.2, -0.15) is 0 Å². The minimum absolute atomic E-state index is 0.0217. The number of aryl methyl sites for hydroxylation is 1. The van der Waals surface area contributed by atoms with Crippen molar-refractivity contribution >= 4 is 23.2 Å². The quantitative estimate of drug-likeness (QED) is 0.387. The van der Waals surface area contributed by atoms with Gasteiger partial charge in [0.15, 0.2) is 11.5 Å². The van der Waals surface area contributed by atoms with Gasteiger partial charge in [-0.25, -0.2) is 0 Å². The lowest BCUT2D eigenvalue weighted by Crippen LogP contribution is -2.43. The fraction of sp³-hybridized carbons (Fsp3) is 0.520. The molecule has 0 aliphatic rings. The molecule has 0 aliphatic carbocycles. The molecule has 0 bridgehead atoms. The van der Waals surface area contributed by atoms with Gasteiger partial charge in [-0.3, -0.25) is 9.59 Å². The maximum Gasteiger partial charge on any atom is 0.242 e. The second-order valence-electron chi connectivity index (χ2n) is 7.80. The molecule has 2 amide bonds.